The molecule has 9 heavy (non-hydrogen) atoms. The van der Waals surface area contributed by atoms with Crippen LogP contribution in [0.2, 0.25) is 0 Å². The van der Waals surface area contributed by atoms with Gasteiger partial charge in [-0.25, -0.2) is 8.78 Å². The van der Waals surface area contributed by atoms with Gasteiger partial charge in [0, 0.05) is 0 Å². The van der Waals surface area contributed by atoms with Crippen LogP contribution in [0.25, 0.3) is 0 Å². The molecule has 0 unspecified atom stereocenters. The van der Waals surface area contributed by atoms with Gasteiger partial charge in [-0.15, -0.1) is 12.4 Å². The first-order chi connectivity index (χ1) is 3.79. The van der Waals surface area contributed by atoms with E-state index in [1.807, 2.05) is 0 Å². The molecule has 0 saturated carbocycles. The third-order valence-corrected chi connectivity index (χ3v) is 1.34. The number of nitrogens with zero attached hydrogens (tertiary/aromatic N) is 1. The van der Waals surface area contributed by atoms with Crippen LogP contribution in [0, 0.1) is 0 Å². The average Bonchev–Trinajstić information content (AvgIpc) is 1.55. The second-order valence-corrected chi connectivity index (χ2v) is 2.05. The van der Waals surface area contributed by atoms with E-state index in [0.29, 0.717) is 0 Å². The van der Waals surface area contributed by atoms with Gasteiger partial charge in [-0.05, 0) is 19.5 Å². The predicted molar refractivity (Wildman–Crippen MR) is 34.3 cm³/mol. The molecule has 4 heteroatoms. The normalized spacial score (nSPS) is 19.0. The number of hydrogen-bond acceptors (Lipinski definition) is 1. The van der Waals surface area contributed by atoms with Gasteiger partial charge in [-0.3, -0.25) is 4.90 Å². The number of hydrogen-bond donors (Lipinski definition) is 0. The summed E-state index contributed by atoms with van der Waals surface area (Å²) in [7, 11) is 0. The summed E-state index contributed by atoms with van der Waals surface area (Å²) in [6.07, 6.45) is -1.05. The van der Waals surface area contributed by atoms with Crippen molar-refractivity contribution in [2.45, 2.75) is 12.8 Å². The predicted octanol–water partition coefficient (Wildman–Crippen LogP) is 1.38. The maximum atomic E-state index is 11.5. The molecule has 0 radical (unpaired) electrons. The van der Waals surface area contributed by atoms with Crippen LogP contribution in [-0.4, -0.2) is 31.0 Å². The van der Waals surface area contributed by atoms with E-state index in [0.717, 1.165) is 19.5 Å². The molecule has 0 aromatic heterocycles. The summed E-state index contributed by atoms with van der Waals surface area (Å²) in [6, 6.07) is 0. The Morgan fingerprint density at radius 3 is 2.00 bits per heavy atom. The lowest BCUT2D eigenvalue weighted by atomic mass is 10.2. The molecule has 0 atom stereocenters. The summed E-state index contributed by atoms with van der Waals surface area (Å²) in [4.78, 5) is 1.75. The molecule has 0 aliphatic carbocycles. The van der Waals surface area contributed by atoms with E-state index >= 15 is 0 Å². The Morgan fingerprint density at radius 1 is 1.33 bits per heavy atom. The molecule has 0 spiro atoms. The van der Waals surface area contributed by atoms with Crippen molar-refractivity contribution >= 4 is 12.4 Å². The van der Waals surface area contributed by atoms with Gasteiger partial charge in [0.2, 0.25) is 0 Å². The van der Waals surface area contributed by atoms with Gasteiger partial charge in [0.25, 0.3) is 6.43 Å². The smallest absolute Gasteiger partial charge is 0.251 e. The van der Waals surface area contributed by atoms with E-state index < -0.39 is 6.43 Å². The fourth-order valence-electron chi connectivity index (χ4n) is 0.759. The molecule has 0 N–H and O–H groups in total. The van der Waals surface area contributed by atoms with Crippen LogP contribution in [-0.2, 0) is 0 Å². The molecule has 1 aliphatic heterocycles. The zero-order valence-electron chi connectivity index (χ0n) is 5.02. The minimum absolute atomic E-state index is 0. The van der Waals surface area contributed by atoms with Crippen LogP contribution in [0.5, 0.6) is 0 Å². The molecule has 0 bridgehead atoms. The Kier molecular flexibility index (Phi) is 4.06. The van der Waals surface area contributed by atoms with Crippen molar-refractivity contribution in [3.8, 4) is 0 Å². The molecule has 1 heterocycles. The van der Waals surface area contributed by atoms with Crippen LogP contribution in [0.15, 0.2) is 0 Å². The standard InChI is InChI=1S/C5H9F2N.ClH/c6-5(7)4-8-2-1-3-8;/h5H,1-4H2;1H. The van der Waals surface area contributed by atoms with Crippen molar-refractivity contribution in [1.82, 2.24) is 4.90 Å². The van der Waals surface area contributed by atoms with Crippen molar-refractivity contribution in [3.05, 3.63) is 0 Å². The Labute approximate surface area is 59.4 Å². The number of rotatable bonds is 2. The Bertz CT molecular complexity index is 75.4. The maximum Gasteiger partial charge on any atom is 0.251 e. The minimum Gasteiger partial charge on any atom is -0.298 e. The number of alkyl halides is 2. The summed E-state index contributed by atoms with van der Waals surface area (Å²) >= 11 is 0. The highest BCUT2D eigenvalue weighted by atomic mass is 35.5. The fourth-order valence-corrected chi connectivity index (χ4v) is 0.759. The summed E-state index contributed by atoms with van der Waals surface area (Å²) in [5.41, 5.74) is 0. The maximum absolute atomic E-state index is 11.5. The summed E-state index contributed by atoms with van der Waals surface area (Å²) in [6.45, 7) is 1.70. The first-order valence-corrected chi connectivity index (χ1v) is 2.79. The lowest BCUT2D eigenvalue weighted by Gasteiger charge is -2.29. The monoisotopic (exact) mass is 157 g/mol. The summed E-state index contributed by atoms with van der Waals surface area (Å²) in [5, 5.41) is 0. The molecule has 0 amide bonds. The Hall–Kier alpha value is 0.110. The lowest BCUT2D eigenvalue weighted by Crippen LogP contribution is -2.40. The van der Waals surface area contributed by atoms with Gasteiger partial charge in [0.05, 0.1) is 6.54 Å². The highest BCUT2D eigenvalue weighted by Gasteiger charge is 2.17. The zero-order chi connectivity index (χ0) is 5.98. The average molecular weight is 158 g/mol. The second-order valence-electron chi connectivity index (χ2n) is 2.05. The minimum atomic E-state index is -2.14. The van der Waals surface area contributed by atoms with Crippen LogP contribution in [0.3, 0.4) is 0 Å². The highest BCUT2D eigenvalue weighted by molar-refractivity contribution is 5.85. The third-order valence-electron chi connectivity index (χ3n) is 1.34. The molecule has 1 saturated heterocycles. The van der Waals surface area contributed by atoms with Crippen molar-refractivity contribution in [2.24, 2.45) is 0 Å². The Balaban J connectivity index is 0.000000640. The SMILES string of the molecule is Cl.FC(F)CN1CCC1. The van der Waals surface area contributed by atoms with Gasteiger partial charge in [-0.2, -0.15) is 0 Å². The molecule has 1 aliphatic rings. The fraction of sp³-hybridized carbons (Fsp3) is 1.00. The van der Waals surface area contributed by atoms with Gasteiger partial charge >= 0.3 is 0 Å². The molecule has 0 aromatic carbocycles. The van der Waals surface area contributed by atoms with Crippen LogP contribution >= 0.6 is 12.4 Å². The molecule has 0 aromatic rings. The summed E-state index contributed by atoms with van der Waals surface area (Å²) < 4.78 is 22.9. The molecule has 1 rings (SSSR count). The van der Waals surface area contributed by atoms with Gasteiger partial charge in [-0.1, -0.05) is 0 Å². The second kappa shape index (κ2) is 4.01. The molecular formula is C5H10ClF2N. The van der Waals surface area contributed by atoms with E-state index in [1.54, 1.807) is 4.90 Å². The van der Waals surface area contributed by atoms with Crippen LogP contribution in [0.1, 0.15) is 6.42 Å². The molecular weight excluding hydrogens is 148 g/mol. The van der Waals surface area contributed by atoms with Crippen molar-refractivity contribution < 1.29 is 8.78 Å². The largest absolute Gasteiger partial charge is 0.298 e. The topological polar surface area (TPSA) is 3.24 Å². The van der Waals surface area contributed by atoms with Gasteiger partial charge < -0.3 is 0 Å². The first kappa shape index (κ1) is 9.11. The van der Waals surface area contributed by atoms with Crippen LogP contribution < -0.4 is 0 Å². The third kappa shape index (κ3) is 2.96. The summed E-state index contributed by atoms with van der Waals surface area (Å²) in [5.74, 6) is 0. The van der Waals surface area contributed by atoms with Crippen molar-refractivity contribution in [2.75, 3.05) is 19.6 Å². The molecule has 56 valence electrons. The van der Waals surface area contributed by atoms with Gasteiger partial charge in [0.1, 0.15) is 0 Å². The lowest BCUT2D eigenvalue weighted by molar-refractivity contribution is 0.0588. The van der Waals surface area contributed by atoms with E-state index in [-0.39, 0.29) is 19.0 Å². The van der Waals surface area contributed by atoms with E-state index in [1.165, 1.54) is 0 Å². The number of likely N-dealkylation sites (tertiary alicyclic amines) is 1. The van der Waals surface area contributed by atoms with E-state index in [9.17, 15) is 8.78 Å². The quantitative estimate of drug-likeness (QED) is 0.586. The van der Waals surface area contributed by atoms with E-state index in [4.69, 9.17) is 0 Å². The zero-order valence-corrected chi connectivity index (χ0v) is 5.83. The molecule has 1 nitrogen and oxygen atoms in total. The Morgan fingerprint density at radius 2 is 1.89 bits per heavy atom. The first-order valence-electron chi connectivity index (χ1n) is 2.79. The van der Waals surface area contributed by atoms with Crippen LogP contribution in [0.4, 0.5) is 8.78 Å². The number of halogens is 3. The molecule has 1 fully saturated rings. The van der Waals surface area contributed by atoms with Gasteiger partial charge in [0.15, 0.2) is 0 Å². The van der Waals surface area contributed by atoms with Crippen molar-refractivity contribution in [1.29, 1.82) is 0 Å². The highest BCUT2D eigenvalue weighted by Crippen LogP contribution is 2.07. The van der Waals surface area contributed by atoms with Crippen molar-refractivity contribution in [3.63, 3.8) is 0 Å². The van der Waals surface area contributed by atoms with E-state index in [2.05, 4.69) is 0 Å².